The molecule has 1 heterocycles. The van der Waals surface area contributed by atoms with Gasteiger partial charge in [-0.05, 0) is 24.1 Å². The van der Waals surface area contributed by atoms with Crippen LogP contribution in [0.2, 0.25) is 0 Å². The number of pyridine rings is 1. The summed E-state index contributed by atoms with van der Waals surface area (Å²) in [5.74, 6) is -0.142. The number of amides is 1. The first kappa shape index (κ1) is 12.6. The minimum Gasteiger partial charge on any atom is -0.370 e. The molecule has 0 saturated carbocycles. The first-order chi connectivity index (χ1) is 7.74. The Morgan fingerprint density at radius 3 is 3.12 bits per heavy atom. The van der Waals surface area contributed by atoms with E-state index in [1.165, 1.54) is 0 Å². The Labute approximate surface area is 95.0 Å². The van der Waals surface area contributed by atoms with E-state index in [4.69, 9.17) is 10.5 Å². The summed E-state index contributed by atoms with van der Waals surface area (Å²) in [4.78, 5) is 15.3. The van der Waals surface area contributed by atoms with Crippen LogP contribution in [-0.4, -0.2) is 30.6 Å². The van der Waals surface area contributed by atoms with Crippen molar-refractivity contribution in [3.05, 3.63) is 29.6 Å². The third kappa shape index (κ3) is 4.37. The number of hydrogen-bond donors (Lipinski definition) is 2. The number of nitrogens with two attached hydrogens (primary N) is 1. The van der Waals surface area contributed by atoms with E-state index in [9.17, 15) is 4.79 Å². The molecule has 1 rings (SSSR count). The van der Waals surface area contributed by atoms with Crippen LogP contribution in [-0.2, 0) is 16.1 Å². The summed E-state index contributed by atoms with van der Waals surface area (Å²) < 4.78 is 5.01. The van der Waals surface area contributed by atoms with E-state index < -0.39 is 0 Å². The van der Waals surface area contributed by atoms with Crippen molar-refractivity contribution in [2.75, 3.05) is 19.8 Å². The first-order valence-electron chi connectivity index (χ1n) is 5.18. The Balaban J connectivity index is 2.29. The Morgan fingerprint density at radius 1 is 1.62 bits per heavy atom. The third-order valence-electron chi connectivity index (χ3n) is 2.12. The van der Waals surface area contributed by atoms with Crippen molar-refractivity contribution in [2.24, 2.45) is 5.73 Å². The van der Waals surface area contributed by atoms with Crippen molar-refractivity contribution >= 4 is 5.91 Å². The lowest BCUT2D eigenvalue weighted by molar-refractivity contribution is -0.125. The highest BCUT2D eigenvalue weighted by atomic mass is 16.5. The monoisotopic (exact) mass is 223 g/mol. The van der Waals surface area contributed by atoms with Gasteiger partial charge in [0.1, 0.15) is 6.61 Å². The van der Waals surface area contributed by atoms with E-state index in [2.05, 4.69) is 10.3 Å². The minimum absolute atomic E-state index is 0.0521. The molecule has 0 atom stereocenters. The van der Waals surface area contributed by atoms with Crippen LogP contribution in [0.5, 0.6) is 0 Å². The van der Waals surface area contributed by atoms with Gasteiger partial charge in [-0.2, -0.15) is 0 Å². The number of ether oxygens (including phenoxy) is 1. The summed E-state index contributed by atoms with van der Waals surface area (Å²) in [6.45, 7) is 3.34. The van der Waals surface area contributed by atoms with Crippen molar-refractivity contribution < 1.29 is 9.53 Å². The maximum absolute atomic E-state index is 11.3. The Hall–Kier alpha value is -1.46. The van der Waals surface area contributed by atoms with Crippen molar-refractivity contribution in [1.82, 2.24) is 10.3 Å². The van der Waals surface area contributed by atoms with Crippen LogP contribution >= 0.6 is 0 Å². The number of aromatic nitrogens is 1. The van der Waals surface area contributed by atoms with E-state index in [0.29, 0.717) is 19.7 Å². The van der Waals surface area contributed by atoms with Gasteiger partial charge in [0.25, 0.3) is 0 Å². The lowest BCUT2D eigenvalue weighted by Crippen LogP contribution is -2.28. The average molecular weight is 223 g/mol. The van der Waals surface area contributed by atoms with Crippen LogP contribution in [0.1, 0.15) is 11.1 Å². The van der Waals surface area contributed by atoms with Gasteiger partial charge in [-0.25, -0.2) is 0 Å². The number of aryl methyl sites for hydroxylation is 1. The molecule has 0 spiro atoms. The number of nitrogens with one attached hydrogen (secondary N) is 1. The van der Waals surface area contributed by atoms with Gasteiger partial charge in [-0.15, -0.1) is 0 Å². The molecule has 16 heavy (non-hydrogen) atoms. The second-order valence-corrected chi connectivity index (χ2v) is 3.42. The predicted molar refractivity (Wildman–Crippen MR) is 60.7 cm³/mol. The van der Waals surface area contributed by atoms with Crippen molar-refractivity contribution in [2.45, 2.75) is 13.5 Å². The summed E-state index contributed by atoms with van der Waals surface area (Å²) >= 11 is 0. The van der Waals surface area contributed by atoms with Crippen molar-refractivity contribution in [1.29, 1.82) is 0 Å². The number of nitrogens with zero attached hydrogens (tertiary/aromatic N) is 1. The molecule has 0 aliphatic heterocycles. The van der Waals surface area contributed by atoms with Gasteiger partial charge in [0.15, 0.2) is 0 Å². The Bertz CT molecular complexity index is 342. The van der Waals surface area contributed by atoms with Crippen LogP contribution in [0.25, 0.3) is 0 Å². The van der Waals surface area contributed by atoms with E-state index in [1.807, 2.05) is 13.0 Å². The maximum atomic E-state index is 11.3. The highest BCUT2D eigenvalue weighted by Gasteiger charge is 2.02. The van der Waals surface area contributed by atoms with E-state index in [0.717, 1.165) is 11.1 Å². The fourth-order valence-electron chi connectivity index (χ4n) is 1.17. The molecule has 88 valence electrons. The van der Waals surface area contributed by atoms with Gasteiger partial charge in [0.2, 0.25) is 5.91 Å². The van der Waals surface area contributed by atoms with E-state index in [1.54, 1.807) is 12.4 Å². The lowest BCUT2D eigenvalue weighted by atomic mass is 10.1. The zero-order valence-corrected chi connectivity index (χ0v) is 9.40. The molecule has 0 aliphatic carbocycles. The number of hydrogen-bond acceptors (Lipinski definition) is 4. The first-order valence-corrected chi connectivity index (χ1v) is 5.18. The zero-order chi connectivity index (χ0) is 11.8. The molecule has 0 unspecified atom stereocenters. The van der Waals surface area contributed by atoms with Gasteiger partial charge in [-0.1, -0.05) is 0 Å². The average Bonchev–Trinajstić information content (AvgIpc) is 2.28. The molecule has 0 radical (unpaired) electrons. The molecular formula is C11H17N3O2. The molecular weight excluding hydrogens is 206 g/mol. The van der Waals surface area contributed by atoms with Gasteiger partial charge < -0.3 is 15.8 Å². The molecule has 0 fully saturated rings. The van der Waals surface area contributed by atoms with Gasteiger partial charge >= 0.3 is 0 Å². The smallest absolute Gasteiger partial charge is 0.246 e. The second-order valence-electron chi connectivity index (χ2n) is 3.42. The highest BCUT2D eigenvalue weighted by molar-refractivity contribution is 5.77. The number of rotatable bonds is 6. The second kappa shape index (κ2) is 6.92. The summed E-state index contributed by atoms with van der Waals surface area (Å²) in [5.41, 5.74) is 7.35. The number of carbonyl (C=O) groups is 1. The van der Waals surface area contributed by atoms with Crippen LogP contribution in [0.4, 0.5) is 0 Å². The van der Waals surface area contributed by atoms with Crippen LogP contribution in [0, 0.1) is 6.92 Å². The topological polar surface area (TPSA) is 77.2 Å². The fourth-order valence-corrected chi connectivity index (χ4v) is 1.17. The summed E-state index contributed by atoms with van der Waals surface area (Å²) in [6, 6.07) is 1.91. The summed E-state index contributed by atoms with van der Waals surface area (Å²) in [5, 5.41) is 2.75. The molecule has 1 aromatic heterocycles. The normalized spacial score (nSPS) is 10.1. The molecule has 0 aliphatic rings. The molecule has 5 nitrogen and oxygen atoms in total. The highest BCUT2D eigenvalue weighted by Crippen LogP contribution is 2.03. The van der Waals surface area contributed by atoms with E-state index in [-0.39, 0.29) is 12.5 Å². The largest absolute Gasteiger partial charge is 0.370 e. The molecule has 0 saturated heterocycles. The SMILES string of the molecule is Cc1ccncc1CNC(=O)COCCN. The molecule has 5 heteroatoms. The lowest BCUT2D eigenvalue weighted by Gasteiger charge is -2.07. The van der Waals surface area contributed by atoms with Crippen LogP contribution < -0.4 is 11.1 Å². The minimum atomic E-state index is -0.142. The molecule has 1 aromatic rings. The fraction of sp³-hybridized carbons (Fsp3) is 0.455. The summed E-state index contributed by atoms with van der Waals surface area (Å²) in [7, 11) is 0. The standard InChI is InChI=1S/C11H17N3O2/c1-9-2-4-13-6-10(9)7-14-11(15)8-16-5-3-12/h2,4,6H,3,5,7-8,12H2,1H3,(H,14,15). The zero-order valence-electron chi connectivity index (χ0n) is 9.40. The van der Waals surface area contributed by atoms with Crippen molar-refractivity contribution in [3.63, 3.8) is 0 Å². The molecule has 0 bridgehead atoms. The predicted octanol–water partition coefficient (Wildman–Crippen LogP) is -0.0185. The number of carbonyl (C=O) groups excluding carboxylic acids is 1. The van der Waals surface area contributed by atoms with Gasteiger partial charge in [-0.3, -0.25) is 9.78 Å². The van der Waals surface area contributed by atoms with E-state index >= 15 is 0 Å². The molecule has 3 N–H and O–H groups in total. The maximum Gasteiger partial charge on any atom is 0.246 e. The molecule has 1 amide bonds. The van der Waals surface area contributed by atoms with Crippen LogP contribution in [0.15, 0.2) is 18.5 Å². The summed E-state index contributed by atoms with van der Waals surface area (Å²) in [6.07, 6.45) is 3.47. The van der Waals surface area contributed by atoms with Gasteiger partial charge in [0.05, 0.1) is 6.61 Å². The third-order valence-corrected chi connectivity index (χ3v) is 2.12. The Morgan fingerprint density at radius 2 is 2.44 bits per heavy atom. The quantitative estimate of drug-likeness (QED) is 0.664. The van der Waals surface area contributed by atoms with Gasteiger partial charge in [0, 0.05) is 25.5 Å². The Kier molecular flexibility index (Phi) is 5.45. The van der Waals surface area contributed by atoms with Crippen LogP contribution in [0.3, 0.4) is 0 Å². The van der Waals surface area contributed by atoms with Crippen molar-refractivity contribution in [3.8, 4) is 0 Å². The molecule has 0 aromatic carbocycles.